The van der Waals surface area contributed by atoms with Gasteiger partial charge in [0, 0.05) is 11.3 Å². The first-order chi connectivity index (χ1) is 13.7. The molecule has 0 aliphatic carbocycles. The number of benzene rings is 2. The van der Waals surface area contributed by atoms with Crippen molar-refractivity contribution in [1.82, 2.24) is 10.1 Å². The molecule has 0 spiro atoms. The molecule has 28 heavy (non-hydrogen) atoms. The summed E-state index contributed by atoms with van der Waals surface area (Å²) in [6.45, 7) is 0.117. The van der Waals surface area contributed by atoms with E-state index in [0.29, 0.717) is 33.1 Å². The van der Waals surface area contributed by atoms with Gasteiger partial charge in [-0.2, -0.15) is 4.98 Å². The molecule has 2 aromatic heterocycles. The minimum atomic E-state index is -0.138. The molecule has 2 aromatic carbocycles. The molecule has 4 aromatic rings. The Kier molecular flexibility index (Phi) is 5.36. The molecule has 8 heteroatoms. The Labute approximate surface area is 169 Å². The monoisotopic (exact) mass is 411 g/mol. The van der Waals surface area contributed by atoms with Crippen molar-refractivity contribution < 1.29 is 14.1 Å². The Morgan fingerprint density at radius 1 is 1.11 bits per heavy atom. The van der Waals surface area contributed by atoms with Crippen LogP contribution in [0.5, 0.6) is 5.75 Å². The van der Waals surface area contributed by atoms with Gasteiger partial charge in [-0.15, -0.1) is 11.3 Å². The van der Waals surface area contributed by atoms with Gasteiger partial charge in [-0.1, -0.05) is 35.0 Å². The van der Waals surface area contributed by atoms with Gasteiger partial charge in [-0.3, -0.25) is 4.79 Å². The molecule has 0 radical (unpaired) electrons. The number of thiophene rings is 1. The molecule has 6 nitrogen and oxygen atoms in total. The molecule has 0 aliphatic heterocycles. The Morgan fingerprint density at radius 3 is 2.68 bits per heavy atom. The zero-order chi connectivity index (χ0) is 19.3. The lowest BCUT2D eigenvalue weighted by Crippen LogP contribution is -2.09. The van der Waals surface area contributed by atoms with Gasteiger partial charge in [0.1, 0.15) is 5.75 Å². The number of hydrogen-bond donors (Lipinski definition) is 1. The SMILES string of the molecule is O=C(Nc1ccc(-c2noc(COc3ccccc3Cl)n2)cc1)c1cccs1. The maximum atomic E-state index is 12.1. The molecular formula is C20H14ClN3O3S. The van der Waals surface area contributed by atoms with Gasteiger partial charge < -0.3 is 14.6 Å². The Morgan fingerprint density at radius 2 is 1.93 bits per heavy atom. The summed E-state index contributed by atoms with van der Waals surface area (Å²) in [5.74, 6) is 1.19. The Bertz CT molecular complexity index is 1080. The number of nitrogens with zero attached hydrogens (tertiary/aromatic N) is 2. The van der Waals surface area contributed by atoms with Crippen molar-refractivity contribution in [2.75, 3.05) is 5.32 Å². The molecule has 1 N–H and O–H groups in total. The first-order valence-corrected chi connectivity index (χ1v) is 9.60. The van der Waals surface area contributed by atoms with E-state index in [4.69, 9.17) is 20.9 Å². The maximum Gasteiger partial charge on any atom is 0.265 e. The van der Waals surface area contributed by atoms with Crippen LogP contribution >= 0.6 is 22.9 Å². The fourth-order valence-corrected chi connectivity index (χ4v) is 3.24. The third-order valence-corrected chi connectivity index (χ3v) is 4.98. The van der Waals surface area contributed by atoms with E-state index in [1.54, 1.807) is 30.3 Å². The third-order valence-electron chi connectivity index (χ3n) is 3.80. The summed E-state index contributed by atoms with van der Waals surface area (Å²) >= 11 is 7.45. The fourth-order valence-electron chi connectivity index (χ4n) is 2.44. The quantitative estimate of drug-likeness (QED) is 0.467. The van der Waals surface area contributed by atoms with Crippen LogP contribution in [0.25, 0.3) is 11.4 Å². The van der Waals surface area contributed by atoms with E-state index >= 15 is 0 Å². The standard InChI is InChI=1S/C20H14ClN3O3S/c21-15-4-1-2-5-16(15)26-12-18-23-19(24-27-18)13-7-9-14(10-8-13)22-20(25)17-6-3-11-28-17/h1-11H,12H2,(H,22,25). The van der Waals surface area contributed by atoms with Gasteiger partial charge in [0.15, 0.2) is 6.61 Å². The second kappa shape index (κ2) is 8.24. The van der Waals surface area contributed by atoms with E-state index in [0.717, 1.165) is 5.56 Å². The molecule has 0 fully saturated rings. The average molecular weight is 412 g/mol. The van der Waals surface area contributed by atoms with Gasteiger partial charge in [-0.25, -0.2) is 0 Å². The molecule has 4 rings (SSSR count). The lowest BCUT2D eigenvalue weighted by atomic mass is 10.2. The summed E-state index contributed by atoms with van der Waals surface area (Å²) in [6.07, 6.45) is 0. The largest absolute Gasteiger partial charge is 0.482 e. The number of amides is 1. The highest BCUT2D eigenvalue weighted by Crippen LogP contribution is 2.24. The van der Waals surface area contributed by atoms with Gasteiger partial charge in [0.25, 0.3) is 11.8 Å². The molecular weight excluding hydrogens is 398 g/mol. The van der Waals surface area contributed by atoms with Crippen molar-refractivity contribution in [3.8, 4) is 17.1 Å². The van der Waals surface area contributed by atoms with Crippen LogP contribution in [-0.4, -0.2) is 16.0 Å². The van der Waals surface area contributed by atoms with E-state index in [9.17, 15) is 4.79 Å². The van der Waals surface area contributed by atoms with Crippen LogP contribution in [0, 0.1) is 0 Å². The van der Waals surface area contributed by atoms with E-state index in [1.165, 1.54) is 11.3 Å². The number of hydrogen-bond acceptors (Lipinski definition) is 6. The number of nitrogens with one attached hydrogen (secondary N) is 1. The van der Waals surface area contributed by atoms with E-state index in [2.05, 4.69) is 15.5 Å². The Balaban J connectivity index is 1.39. The van der Waals surface area contributed by atoms with E-state index in [1.807, 2.05) is 35.7 Å². The van der Waals surface area contributed by atoms with Crippen molar-refractivity contribution in [3.63, 3.8) is 0 Å². The molecule has 0 saturated heterocycles. The van der Waals surface area contributed by atoms with Crippen LogP contribution < -0.4 is 10.1 Å². The molecule has 140 valence electrons. The highest BCUT2D eigenvalue weighted by atomic mass is 35.5. The predicted octanol–water partition coefficient (Wildman–Crippen LogP) is 5.28. The fraction of sp³-hybridized carbons (Fsp3) is 0.0500. The molecule has 0 bridgehead atoms. The predicted molar refractivity (Wildman–Crippen MR) is 108 cm³/mol. The average Bonchev–Trinajstić information content (AvgIpc) is 3.40. The minimum Gasteiger partial charge on any atom is -0.482 e. The second-order valence-electron chi connectivity index (χ2n) is 5.74. The first kappa shape index (κ1) is 18.2. The van der Waals surface area contributed by atoms with E-state index < -0.39 is 0 Å². The smallest absolute Gasteiger partial charge is 0.265 e. The summed E-state index contributed by atoms with van der Waals surface area (Å²) in [4.78, 5) is 17.1. The highest BCUT2D eigenvalue weighted by molar-refractivity contribution is 7.12. The zero-order valence-electron chi connectivity index (χ0n) is 14.5. The van der Waals surface area contributed by atoms with Crippen LogP contribution in [0.4, 0.5) is 5.69 Å². The van der Waals surface area contributed by atoms with Crippen LogP contribution in [-0.2, 0) is 6.61 Å². The number of carbonyl (C=O) groups is 1. The first-order valence-electron chi connectivity index (χ1n) is 8.34. The highest BCUT2D eigenvalue weighted by Gasteiger charge is 2.11. The molecule has 0 aliphatic rings. The topological polar surface area (TPSA) is 77.2 Å². The number of para-hydroxylation sites is 1. The number of aromatic nitrogens is 2. The van der Waals surface area contributed by atoms with Gasteiger partial charge in [0.05, 0.1) is 9.90 Å². The number of carbonyl (C=O) groups excluding carboxylic acids is 1. The number of ether oxygens (including phenoxy) is 1. The van der Waals surface area contributed by atoms with Gasteiger partial charge in [-0.05, 0) is 47.8 Å². The lowest BCUT2D eigenvalue weighted by Gasteiger charge is -2.04. The Hall–Kier alpha value is -3.16. The van der Waals surface area contributed by atoms with Crippen molar-refractivity contribution in [3.05, 3.63) is 81.8 Å². The summed E-state index contributed by atoms with van der Waals surface area (Å²) in [5.41, 5.74) is 1.45. The lowest BCUT2D eigenvalue weighted by molar-refractivity contribution is 0.103. The van der Waals surface area contributed by atoms with Crippen molar-refractivity contribution in [2.45, 2.75) is 6.61 Å². The summed E-state index contributed by atoms with van der Waals surface area (Å²) in [6, 6.07) is 18.0. The minimum absolute atomic E-state index is 0.117. The summed E-state index contributed by atoms with van der Waals surface area (Å²) < 4.78 is 10.8. The van der Waals surface area contributed by atoms with Crippen LogP contribution in [0.2, 0.25) is 5.02 Å². The third kappa shape index (κ3) is 4.21. The van der Waals surface area contributed by atoms with Gasteiger partial charge >= 0.3 is 0 Å². The van der Waals surface area contributed by atoms with Gasteiger partial charge in [0.2, 0.25) is 5.82 Å². The number of rotatable bonds is 6. The molecule has 2 heterocycles. The molecule has 1 amide bonds. The maximum absolute atomic E-state index is 12.1. The van der Waals surface area contributed by atoms with Crippen molar-refractivity contribution >= 4 is 34.5 Å². The van der Waals surface area contributed by atoms with Crippen LogP contribution in [0.3, 0.4) is 0 Å². The second-order valence-corrected chi connectivity index (χ2v) is 7.09. The van der Waals surface area contributed by atoms with E-state index in [-0.39, 0.29) is 12.5 Å². The van der Waals surface area contributed by atoms with Crippen LogP contribution in [0.1, 0.15) is 15.6 Å². The normalized spacial score (nSPS) is 10.6. The summed E-state index contributed by atoms with van der Waals surface area (Å²) in [7, 11) is 0. The molecule has 0 saturated carbocycles. The van der Waals surface area contributed by atoms with Crippen molar-refractivity contribution in [2.24, 2.45) is 0 Å². The zero-order valence-corrected chi connectivity index (χ0v) is 16.0. The van der Waals surface area contributed by atoms with Crippen molar-refractivity contribution in [1.29, 1.82) is 0 Å². The number of anilines is 1. The molecule has 0 unspecified atom stereocenters. The summed E-state index contributed by atoms with van der Waals surface area (Å²) in [5, 5.41) is 9.19. The molecule has 0 atom stereocenters. The van der Waals surface area contributed by atoms with Crippen LogP contribution in [0.15, 0.2) is 70.6 Å². The number of halogens is 1.